The summed E-state index contributed by atoms with van der Waals surface area (Å²) in [6.45, 7) is 0.304. The summed E-state index contributed by atoms with van der Waals surface area (Å²) in [5.41, 5.74) is 1.17. The largest absolute Gasteiger partial charge is 0.496 e. The van der Waals surface area contributed by atoms with Gasteiger partial charge in [-0.25, -0.2) is 0 Å². The Bertz CT molecular complexity index is 794. The van der Waals surface area contributed by atoms with Gasteiger partial charge in [0.25, 0.3) is 5.91 Å². The Hall–Kier alpha value is -2.60. The third kappa shape index (κ3) is 3.96. The topological polar surface area (TPSA) is 57.2 Å². The molecule has 2 aromatic carbocycles. The lowest BCUT2D eigenvalue weighted by Crippen LogP contribution is -2.27. The van der Waals surface area contributed by atoms with Crippen LogP contribution in [0.15, 0.2) is 30.3 Å². The van der Waals surface area contributed by atoms with Crippen molar-refractivity contribution in [3.63, 3.8) is 0 Å². The second kappa shape index (κ2) is 8.67. The molecule has 0 aromatic heterocycles. The van der Waals surface area contributed by atoms with Crippen LogP contribution in [0.25, 0.3) is 0 Å². The molecule has 0 heterocycles. The van der Waals surface area contributed by atoms with Crippen LogP contribution in [-0.2, 0) is 6.54 Å². The molecule has 2 rings (SSSR count). The maximum Gasteiger partial charge on any atom is 0.257 e. The van der Waals surface area contributed by atoms with Gasteiger partial charge in [-0.1, -0.05) is 11.6 Å². The Morgan fingerprint density at radius 1 is 0.923 bits per heavy atom. The number of carbonyl (C=O) groups excluding carboxylic acids is 1. The second-order valence-electron chi connectivity index (χ2n) is 5.50. The van der Waals surface area contributed by atoms with Gasteiger partial charge in [0.1, 0.15) is 5.75 Å². The molecule has 0 spiro atoms. The number of rotatable bonds is 7. The van der Waals surface area contributed by atoms with E-state index in [1.165, 1.54) is 14.2 Å². The van der Waals surface area contributed by atoms with Crippen molar-refractivity contribution in [1.29, 1.82) is 0 Å². The van der Waals surface area contributed by atoms with Crippen molar-refractivity contribution < 1.29 is 23.7 Å². The van der Waals surface area contributed by atoms with Gasteiger partial charge in [0.05, 0.1) is 34.0 Å². The fourth-order valence-electron chi connectivity index (χ4n) is 2.67. The minimum Gasteiger partial charge on any atom is -0.496 e. The lowest BCUT2D eigenvalue weighted by molar-refractivity contribution is 0.0780. The third-order valence-corrected chi connectivity index (χ3v) is 4.17. The average Bonchev–Trinajstić information content (AvgIpc) is 2.66. The molecule has 0 aliphatic rings. The highest BCUT2D eigenvalue weighted by Gasteiger charge is 2.21. The van der Waals surface area contributed by atoms with E-state index < -0.39 is 0 Å². The predicted molar refractivity (Wildman–Crippen MR) is 99.9 cm³/mol. The molecule has 26 heavy (non-hydrogen) atoms. The summed E-state index contributed by atoms with van der Waals surface area (Å²) in [5, 5.41) is 0.464. The number of methoxy groups -OCH3 is 4. The van der Waals surface area contributed by atoms with Crippen LogP contribution in [0.1, 0.15) is 15.9 Å². The van der Waals surface area contributed by atoms with E-state index in [-0.39, 0.29) is 5.91 Å². The summed E-state index contributed by atoms with van der Waals surface area (Å²) in [4.78, 5) is 14.4. The van der Waals surface area contributed by atoms with Crippen LogP contribution < -0.4 is 18.9 Å². The third-order valence-electron chi connectivity index (χ3n) is 3.93. The normalized spacial score (nSPS) is 10.2. The van der Waals surface area contributed by atoms with E-state index >= 15 is 0 Å². The number of hydrogen-bond acceptors (Lipinski definition) is 5. The molecule has 0 N–H and O–H groups in total. The molecule has 140 valence electrons. The first kappa shape index (κ1) is 19.7. The van der Waals surface area contributed by atoms with Gasteiger partial charge in [0, 0.05) is 24.2 Å². The Labute approximate surface area is 158 Å². The highest BCUT2D eigenvalue weighted by molar-refractivity contribution is 6.31. The fraction of sp³-hybridized carbons (Fsp3) is 0.316. The van der Waals surface area contributed by atoms with E-state index in [2.05, 4.69) is 0 Å². The van der Waals surface area contributed by atoms with Crippen molar-refractivity contribution in [3.8, 4) is 23.0 Å². The Balaban J connectivity index is 2.34. The number of carbonyl (C=O) groups is 1. The van der Waals surface area contributed by atoms with Crippen LogP contribution in [0.4, 0.5) is 0 Å². The molecule has 6 nitrogen and oxygen atoms in total. The second-order valence-corrected chi connectivity index (χ2v) is 5.94. The molecule has 7 heteroatoms. The number of hydrogen-bond donors (Lipinski definition) is 0. The Kier molecular flexibility index (Phi) is 6.58. The van der Waals surface area contributed by atoms with Crippen LogP contribution in [-0.4, -0.2) is 46.3 Å². The molecule has 0 aliphatic carbocycles. The average molecular weight is 380 g/mol. The zero-order valence-electron chi connectivity index (χ0n) is 15.5. The quantitative estimate of drug-likeness (QED) is 0.735. The summed E-state index contributed by atoms with van der Waals surface area (Å²) < 4.78 is 21.4. The van der Waals surface area contributed by atoms with E-state index in [9.17, 15) is 4.79 Å². The Morgan fingerprint density at radius 3 is 2.12 bits per heavy atom. The first-order valence-corrected chi connectivity index (χ1v) is 8.21. The zero-order valence-corrected chi connectivity index (χ0v) is 16.2. The minimum absolute atomic E-state index is 0.221. The molecule has 2 aromatic rings. The monoisotopic (exact) mass is 379 g/mol. The summed E-state index contributed by atoms with van der Waals surface area (Å²) in [5.74, 6) is 1.79. The summed E-state index contributed by atoms with van der Waals surface area (Å²) in [7, 11) is 7.84. The standard InChI is InChI=1S/C19H22ClNO5/c1-21(19(22)14-10-13(20)7-9-15(14)23-2)11-12-6-8-16(24-3)18(26-5)17(12)25-4/h6-10H,11H2,1-5H3. The smallest absolute Gasteiger partial charge is 0.257 e. The van der Waals surface area contributed by atoms with Crippen LogP contribution >= 0.6 is 11.6 Å². The van der Waals surface area contributed by atoms with Crippen LogP contribution in [0.2, 0.25) is 5.02 Å². The lowest BCUT2D eigenvalue weighted by Gasteiger charge is -2.22. The maximum absolute atomic E-state index is 12.8. The number of ether oxygens (including phenoxy) is 4. The van der Waals surface area contributed by atoms with E-state index in [0.29, 0.717) is 40.1 Å². The summed E-state index contributed by atoms with van der Waals surface area (Å²) in [6, 6.07) is 8.54. The van der Waals surface area contributed by atoms with Crippen LogP contribution in [0, 0.1) is 0 Å². The number of halogens is 1. The first-order valence-electron chi connectivity index (χ1n) is 7.83. The molecule has 0 fully saturated rings. The molecule has 0 saturated carbocycles. The number of amides is 1. The Morgan fingerprint density at radius 2 is 1.54 bits per heavy atom. The van der Waals surface area contributed by atoms with Gasteiger partial charge in [0.2, 0.25) is 5.75 Å². The number of nitrogens with zero attached hydrogens (tertiary/aromatic N) is 1. The molecule has 1 amide bonds. The van der Waals surface area contributed by atoms with Crippen molar-refractivity contribution in [2.45, 2.75) is 6.54 Å². The fourth-order valence-corrected chi connectivity index (χ4v) is 2.84. The zero-order chi connectivity index (χ0) is 19.3. The molecular formula is C19H22ClNO5. The van der Waals surface area contributed by atoms with Gasteiger partial charge in [-0.2, -0.15) is 0 Å². The minimum atomic E-state index is -0.221. The van der Waals surface area contributed by atoms with Crippen molar-refractivity contribution in [2.24, 2.45) is 0 Å². The maximum atomic E-state index is 12.8. The first-order chi connectivity index (χ1) is 12.5. The van der Waals surface area contributed by atoms with Crippen molar-refractivity contribution in [3.05, 3.63) is 46.5 Å². The lowest BCUT2D eigenvalue weighted by atomic mass is 10.1. The molecule has 0 atom stereocenters. The summed E-state index contributed by atoms with van der Waals surface area (Å²) in [6.07, 6.45) is 0. The van der Waals surface area contributed by atoms with E-state index in [1.54, 1.807) is 50.4 Å². The van der Waals surface area contributed by atoms with E-state index in [0.717, 1.165) is 5.56 Å². The van der Waals surface area contributed by atoms with Crippen LogP contribution in [0.5, 0.6) is 23.0 Å². The van der Waals surface area contributed by atoms with Crippen LogP contribution in [0.3, 0.4) is 0 Å². The molecular weight excluding hydrogens is 358 g/mol. The van der Waals surface area contributed by atoms with Gasteiger partial charge in [0.15, 0.2) is 11.5 Å². The van der Waals surface area contributed by atoms with Gasteiger partial charge in [-0.15, -0.1) is 0 Å². The SMILES string of the molecule is COc1ccc(Cl)cc1C(=O)N(C)Cc1ccc(OC)c(OC)c1OC. The summed E-state index contributed by atoms with van der Waals surface area (Å²) >= 11 is 6.03. The van der Waals surface area contributed by atoms with E-state index in [1.807, 2.05) is 6.07 Å². The highest BCUT2D eigenvalue weighted by atomic mass is 35.5. The predicted octanol–water partition coefficient (Wildman–Crippen LogP) is 3.65. The molecule has 0 aliphatic heterocycles. The van der Waals surface area contributed by atoms with Gasteiger partial charge >= 0.3 is 0 Å². The molecule has 0 bridgehead atoms. The molecule has 0 radical (unpaired) electrons. The highest BCUT2D eigenvalue weighted by Crippen LogP contribution is 2.40. The van der Waals surface area contributed by atoms with Gasteiger partial charge in [-0.3, -0.25) is 4.79 Å². The van der Waals surface area contributed by atoms with E-state index in [4.69, 9.17) is 30.5 Å². The molecule has 0 unspecified atom stereocenters. The van der Waals surface area contributed by atoms with Gasteiger partial charge in [-0.05, 0) is 30.3 Å². The molecule has 0 saturated heterocycles. The van der Waals surface area contributed by atoms with Crippen molar-refractivity contribution in [1.82, 2.24) is 4.90 Å². The van der Waals surface area contributed by atoms with Crippen molar-refractivity contribution >= 4 is 17.5 Å². The van der Waals surface area contributed by atoms with Crippen molar-refractivity contribution in [2.75, 3.05) is 35.5 Å². The number of benzene rings is 2. The van der Waals surface area contributed by atoms with Gasteiger partial charge < -0.3 is 23.8 Å².